The summed E-state index contributed by atoms with van der Waals surface area (Å²) in [5.41, 5.74) is 4.45. The van der Waals surface area contributed by atoms with Crippen LogP contribution in [0.2, 0.25) is 0 Å². The lowest BCUT2D eigenvalue weighted by atomic mass is 10.1. The third-order valence-electron chi connectivity index (χ3n) is 4.44. The second-order valence-electron chi connectivity index (χ2n) is 6.94. The van der Waals surface area contributed by atoms with Gasteiger partial charge in [-0.3, -0.25) is 9.59 Å². The van der Waals surface area contributed by atoms with Gasteiger partial charge in [0.15, 0.2) is 6.61 Å². The number of methoxy groups -OCH3 is 1. The van der Waals surface area contributed by atoms with Crippen LogP contribution in [0.4, 0.5) is 5.69 Å². The minimum Gasteiger partial charge on any atom is -0.496 e. The lowest BCUT2D eigenvalue weighted by Gasteiger charge is -2.22. The molecule has 0 aliphatic carbocycles. The Bertz CT molecular complexity index is 911. The van der Waals surface area contributed by atoms with Crippen molar-refractivity contribution >= 4 is 17.6 Å². The number of nitrogens with zero attached hydrogens (tertiary/aromatic N) is 2. The number of aryl methyl sites for hydroxylation is 3. The third-order valence-corrected chi connectivity index (χ3v) is 4.44. The van der Waals surface area contributed by atoms with E-state index < -0.39 is 5.97 Å². The van der Waals surface area contributed by atoms with E-state index in [2.05, 4.69) is 6.07 Å². The summed E-state index contributed by atoms with van der Waals surface area (Å²) in [6, 6.07) is 13.3. The van der Waals surface area contributed by atoms with Crippen LogP contribution in [0.5, 0.6) is 5.75 Å². The molecule has 0 N–H and O–H groups in total. The van der Waals surface area contributed by atoms with Gasteiger partial charge in [0, 0.05) is 12.2 Å². The standard InChI is InChI=1S/C23H26N2O4/c1-16-10-17(2)12-20(11-16)25(9-5-8-24)22(26)15-29-23(27)14-19-7-6-18(3)21(13-19)28-4/h6-7,10-13H,5,9,14-15H2,1-4H3. The SMILES string of the molecule is COc1cc(CC(=O)OCC(=O)N(CCC#N)c2cc(C)cc(C)c2)ccc1C. The maximum atomic E-state index is 12.7. The Kier molecular flexibility index (Phi) is 7.79. The van der Waals surface area contributed by atoms with Crippen LogP contribution in [-0.4, -0.2) is 32.1 Å². The van der Waals surface area contributed by atoms with Gasteiger partial charge in [0.1, 0.15) is 5.75 Å². The fourth-order valence-corrected chi connectivity index (χ4v) is 3.08. The minimum atomic E-state index is -0.495. The topological polar surface area (TPSA) is 79.6 Å². The number of amides is 1. The van der Waals surface area contributed by atoms with E-state index in [1.165, 1.54) is 4.90 Å². The summed E-state index contributed by atoms with van der Waals surface area (Å²) in [5, 5.41) is 8.91. The molecule has 0 bridgehead atoms. The van der Waals surface area contributed by atoms with Crippen LogP contribution in [0.3, 0.4) is 0 Å². The molecular formula is C23H26N2O4. The van der Waals surface area contributed by atoms with Gasteiger partial charge in [-0.25, -0.2) is 0 Å². The van der Waals surface area contributed by atoms with Crippen LogP contribution in [-0.2, 0) is 20.7 Å². The first kappa shape index (κ1) is 22.0. The number of hydrogen-bond donors (Lipinski definition) is 0. The van der Waals surface area contributed by atoms with Gasteiger partial charge in [-0.05, 0) is 61.2 Å². The molecule has 29 heavy (non-hydrogen) atoms. The third kappa shape index (κ3) is 6.35. The Morgan fingerprint density at radius 2 is 1.76 bits per heavy atom. The second-order valence-corrected chi connectivity index (χ2v) is 6.94. The van der Waals surface area contributed by atoms with Crippen LogP contribution < -0.4 is 9.64 Å². The van der Waals surface area contributed by atoms with Crippen molar-refractivity contribution in [2.24, 2.45) is 0 Å². The summed E-state index contributed by atoms with van der Waals surface area (Å²) in [7, 11) is 1.58. The van der Waals surface area contributed by atoms with E-state index in [0.29, 0.717) is 11.4 Å². The molecule has 0 atom stereocenters. The lowest BCUT2D eigenvalue weighted by Crippen LogP contribution is -2.35. The van der Waals surface area contributed by atoms with E-state index in [1.54, 1.807) is 13.2 Å². The summed E-state index contributed by atoms with van der Waals surface area (Å²) >= 11 is 0. The van der Waals surface area contributed by atoms with Crippen LogP contribution in [0.1, 0.15) is 28.7 Å². The Morgan fingerprint density at radius 1 is 1.07 bits per heavy atom. The maximum Gasteiger partial charge on any atom is 0.310 e. The van der Waals surface area contributed by atoms with E-state index >= 15 is 0 Å². The van der Waals surface area contributed by atoms with Crippen LogP contribution >= 0.6 is 0 Å². The average molecular weight is 394 g/mol. The predicted octanol–water partition coefficient (Wildman–Crippen LogP) is 3.65. The van der Waals surface area contributed by atoms with Gasteiger partial charge in [-0.2, -0.15) is 5.26 Å². The van der Waals surface area contributed by atoms with Crippen LogP contribution in [0, 0.1) is 32.1 Å². The number of anilines is 1. The summed E-state index contributed by atoms with van der Waals surface area (Å²) in [6.45, 7) is 5.67. The summed E-state index contributed by atoms with van der Waals surface area (Å²) < 4.78 is 10.5. The number of carbonyl (C=O) groups excluding carboxylic acids is 2. The molecule has 0 saturated heterocycles. The van der Waals surface area contributed by atoms with Gasteiger partial charge in [-0.15, -0.1) is 0 Å². The molecule has 0 aromatic heterocycles. The fourth-order valence-electron chi connectivity index (χ4n) is 3.08. The van der Waals surface area contributed by atoms with Crippen molar-refractivity contribution in [1.29, 1.82) is 5.26 Å². The molecule has 0 heterocycles. The molecular weight excluding hydrogens is 368 g/mol. The van der Waals surface area contributed by atoms with E-state index in [9.17, 15) is 9.59 Å². The zero-order valence-electron chi connectivity index (χ0n) is 17.3. The summed E-state index contributed by atoms with van der Waals surface area (Å²) in [6.07, 6.45) is 0.238. The molecule has 0 fully saturated rings. The molecule has 0 aliphatic heterocycles. The van der Waals surface area contributed by atoms with Gasteiger partial charge < -0.3 is 14.4 Å². The van der Waals surface area contributed by atoms with Gasteiger partial charge in [0.25, 0.3) is 5.91 Å². The van der Waals surface area contributed by atoms with E-state index in [0.717, 1.165) is 22.3 Å². The van der Waals surface area contributed by atoms with Crippen molar-refractivity contribution in [2.75, 3.05) is 25.2 Å². The quantitative estimate of drug-likeness (QED) is 0.639. The van der Waals surface area contributed by atoms with Crippen molar-refractivity contribution in [3.63, 3.8) is 0 Å². The highest BCUT2D eigenvalue weighted by Gasteiger charge is 2.18. The molecule has 2 aromatic carbocycles. The average Bonchev–Trinajstić information content (AvgIpc) is 2.67. The monoisotopic (exact) mass is 394 g/mol. The van der Waals surface area contributed by atoms with Crippen molar-refractivity contribution in [1.82, 2.24) is 0 Å². The molecule has 2 rings (SSSR count). The number of benzene rings is 2. The van der Waals surface area contributed by atoms with Crippen LogP contribution in [0.25, 0.3) is 0 Å². The highest BCUT2D eigenvalue weighted by Crippen LogP contribution is 2.21. The summed E-state index contributed by atoms with van der Waals surface area (Å²) in [4.78, 5) is 26.4. The van der Waals surface area contributed by atoms with Gasteiger partial charge in [0.05, 0.1) is 26.0 Å². The largest absolute Gasteiger partial charge is 0.496 e. The van der Waals surface area contributed by atoms with Gasteiger partial charge in [0.2, 0.25) is 0 Å². The molecule has 0 saturated carbocycles. The summed E-state index contributed by atoms with van der Waals surface area (Å²) in [5.74, 6) is -0.158. The highest BCUT2D eigenvalue weighted by molar-refractivity contribution is 5.95. The molecule has 0 unspecified atom stereocenters. The molecule has 6 heteroatoms. The smallest absolute Gasteiger partial charge is 0.310 e. The molecule has 152 valence electrons. The normalized spacial score (nSPS) is 10.2. The molecule has 1 amide bonds. The number of esters is 1. The van der Waals surface area contributed by atoms with Crippen molar-refractivity contribution in [3.8, 4) is 11.8 Å². The predicted molar refractivity (Wildman–Crippen MR) is 111 cm³/mol. The highest BCUT2D eigenvalue weighted by atomic mass is 16.5. The van der Waals surface area contributed by atoms with Crippen molar-refractivity contribution in [3.05, 3.63) is 58.7 Å². The van der Waals surface area contributed by atoms with E-state index in [1.807, 2.05) is 51.1 Å². The maximum absolute atomic E-state index is 12.7. The number of carbonyl (C=O) groups is 2. The first-order valence-electron chi connectivity index (χ1n) is 9.38. The molecule has 2 aromatic rings. The lowest BCUT2D eigenvalue weighted by molar-refractivity contribution is -0.147. The van der Waals surface area contributed by atoms with Gasteiger partial charge in [-0.1, -0.05) is 18.2 Å². The Labute approximate surface area is 171 Å². The zero-order valence-corrected chi connectivity index (χ0v) is 17.3. The van der Waals surface area contributed by atoms with E-state index in [4.69, 9.17) is 14.7 Å². The minimum absolute atomic E-state index is 0.0473. The number of ether oxygens (including phenoxy) is 2. The molecule has 0 spiro atoms. The van der Waals surface area contributed by atoms with E-state index in [-0.39, 0.29) is 31.9 Å². The fraction of sp³-hybridized carbons (Fsp3) is 0.348. The van der Waals surface area contributed by atoms with Crippen molar-refractivity contribution in [2.45, 2.75) is 33.6 Å². The van der Waals surface area contributed by atoms with Crippen molar-refractivity contribution < 1.29 is 19.1 Å². The van der Waals surface area contributed by atoms with Crippen LogP contribution in [0.15, 0.2) is 36.4 Å². The zero-order chi connectivity index (χ0) is 21.4. The Balaban J connectivity index is 2.03. The molecule has 0 radical (unpaired) electrons. The Hall–Kier alpha value is -3.33. The number of rotatable bonds is 8. The molecule has 6 nitrogen and oxygen atoms in total. The Morgan fingerprint density at radius 3 is 2.38 bits per heavy atom. The number of nitriles is 1. The number of hydrogen-bond acceptors (Lipinski definition) is 5. The first-order valence-corrected chi connectivity index (χ1v) is 9.38. The molecule has 0 aliphatic rings. The second kappa shape index (κ2) is 10.3. The van der Waals surface area contributed by atoms with Gasteiger partial charge >= 0.3 is 5.97 Å². The first-order chi connectivity index (χ1) is 13.8.